The number of aromatic amines is 1. The fraction of sp³-hybridized carbons (Fsp3) is 0.0909. The Bertz CT molecular complexity index is 539. The van der Waals surface area contributed by atoms with Gasteiger partial charge in [-0.1, -0.05) is 12.1 Å². The largest absolute Gasteiger partial charge is 0.477 e. The summed E-state index contributed by atoms with van der Waals surface area (Å²) in [6.07, 6.45) is 1.52. The normalized spacial score (nSPS) is 10.2. The molecule has 6 heteroatoms. The highest BCUT2D eigenvalue weighted by Crippen LogP contribution is 2.18. The van der Waals surface area contributed by atoms with E-state index in [0.717, 1.165) is 9.26 Å². The van der Waals surface area contributed by atoms with Gasteiger partial charge in [-0.15, -0.1) is 0 Å². The van der Waals surface area contributed by atoms with Gasteiger partial charge in [0.2, 0.25) is 0 Å². The number of benzene rings is 1. The number of nitrogens with one attached hydrogen (secondary N) is 2. The molecule has 1 aromatic carbocycles. The molecule has 0 aliphatic heterocycles. The molecular formula is C11H10IN3O2. The second-order valence-corrected chi connectivity index (χ2v) is 4.57. The maximum atomic E-state index is 10.9. The summed E-state index contributed by atoms with van der Waals surface area (Å²) in [5, 5.41) is 18.3. The van der Waals surface area contributed by atoms with Crippen molar-refractivity contribution in [1.82, 2.24) is 10.2 Å². The second kappa shape index (κ2) is 5.17. The van der Waals surface area contributed by atoms with E-state index in [1.807, 2.05) is 24.3 Å². The number of hydrogen-bond acceptors (Lipinski definition) is 3. The van der Waals surface area contributed by atoms with Crippen molar-refractivity contribution in [1.29, 1.82) is 0 Å². The Balaban J connectivity index is 2.10. The highest BCUT2D eigenvalue weighted by atomic mass is 127. The molecule has 0 radical (unpaired) electrons. The van der Waals surface area contributed by atoms with E-state index in [4.69, 9.17) is 5.11 Å². The summed E-state index contributed by atoms with van der Waals surface area (Å²) in [4.78, 5) is 10.9. The molecular weight excluding hydrogens is 333 g/mol. The van der Waals surface area contributed by atoms with Crippen LogP contribution in [0.2, 0.25) is 0 Å². The van der Waals surface area contributed by atoms with E-state index in [1.54, 1.807) is 0 Å². The van der Waals surface area contributed by atoms with Gasteiger partial charge in [-0.05, 0) is 34.7 Å². The Kier molecular flexibility index (Phi) is 3.62. The third-order valence-electron chi connectivity index (χ3n) is 2.27. The Morgan fingerprint density at radius 2 is 2.24 bits per heavy atom. The lowest BCUT2D eigenvalue weighted by Gasteiger charge is -2.07. The van der Waals surface area contributed by atoms with Crippen LogP contribution in [0.1, 0.15) is 16.1 Å². The molecule has 0 atom stereocenters. The molecule has 0 unspecified atom stereocenters. The number of hydrogen-bond donors (Lipinski definition) is 3. The number of carboxylic acid groups (broad SMARTS) is 1. The molecule has 17 heavy (non-hydrogen) atoms. The number of anilines is 1. The van der Waals surface area contributed by atoms with Crippen LogP contribution in [-0.2, 0) is 6.54 Å². The lowest BCUT2D eigenvalue weighted by Crippen LogP contribution is -2.06. The zero-order valence-corrected chi connectivity index (χ0v) is 10.9. The van der Waals surface area contributed by atoms with Gasteiger partial charge >= 0.3 is 5.97 Å². The molecule has 1 heterocycles. The van der Waals surface area contributed by atoms with Crippen LogP contribution >= 0.6 is 22.6 Å². The number of carboxylic acids is 1. The molecule has 2 rings (SSSR count). The molecule has 0 aliphatic carbocycles. The quantitative estimate of drug-likeness (QED) is 0.745. The lowest BCUT2D eigenvalue weighted by molar-refractivity contribution is 0.0689. The molecule has 1 aromatic heterocycles. The monoisotopic (exact) mass is 343 g/mol. The zero-order chi connectivity index (χ0) is 12.3. The van der Waals surface area contributed by atoms with Gasteiger partial charge in [-0.3, -0.25) is 5.10 Å². The van der Waals surface area contributed by atoms with Gasteiger partial charge in [0.25, 0.3) is 0 Å². The van der Waals surface area contributed by atoms with Crippen molar-refractivity contribution < 1.29 is 9.90 Å². The summed E-state index contributed by atoms with van der Waals surface area (Å²) < 4.78 is 1.09. The van der Waals surface area contributed by atoms with E-state index in [9.17, 15) is 4.79 Å². The van der Waals surface area contributed by atoms with Gasteiger partial charge in [-0.2, -0.15) is 5.10 Å². The maximum absolute atomic E-state index is 10.9. The minimum atomic E-state index is -0.998. The number of aromatic carboxylic acids is 1. The van der Waals surface area contributed by atoms with Crippen LogP contribution in [-0.4, -0.2) is 21.3 Å². The molecule has 0 spiro atoms. The van der Waals surface area contributed by atoms with E-state index >= 15 is 0 Å². The van der Waals surface area contributed by atoms with Gasteiger partial charge < -0.3 is 10.4 Å². The lowest BCUT2D eigenvalue weighted by atomic mass is 10.2. The fourth-order valence-corrected chi connectivity index (χ4v) is 2.00. The molecule has 0 fully saturated rings. The Morgan fingerprint density at radius 1 is 1.47 bits per heavy atom. The first-order valence-electron chi connectivity index (χ1n) is 4.92. The average molecular weight is 343 g/mol. The molecule has 0 amide bonds. The summed E-state index contributed by atoms with van der Waals surface area (Å²) in [7, 11) is 0. The van der Waals surface area contributed by atoms with Crippen molar-refractivity contribution in [3.8, 4) is 0 Å². The Labute approximate surface area is 111 Å². The van der Waals surface area contributed by atoms with Gasteiger partial charge in [0.1, 0.15) is 5.69 Å². The van der Waals surface area contributed by atoms with Crippen LogP contribution in [0.5, 0.6) is 0 Å². The molecule has 0 saturated carbocycles. The number of para-hydroxylation sites is 1. The van der Waals surface area contributed by atoms with Crippen molar-refractivity contribution in [2.75, 3.05) is 5.32 Å². The number of halogens is 1. The van der Waals surface area contributed by atoms with Gasteiger partial charge in [0.05, 0.1) is 6.20 Å². The number of nitrogens with zero attached hydrogens (tertiary/aromatic N) is 1. The van der Waals surface area contributed by atoms with E-state index in [0.29, 0.717) is 12.1 Å². The molecule has 0 bridgehead atoms. The topological polar surface area (TPSA) is 78.0 Å². The molecule has 2 aromatic rings. The number of rotatable bonds is 4. The fourth-order valence-electron chi connectivity index (χ4n) is 1.43. The first-order valence-corrected chi connectivity index (χ1v) is 6.00. The van der Waals surface area contributed by atoms with E-state index < -0.39 is 5.97 Å². The standard InChI is InChI=1S/C11H10IN3O2/c12-8-3-1-2-4-9(8)13-5-7-6-14-15-10(7)11(16)17/h1-4,6,13H,5H2,(H,14,15)(H,16,17). The summed E-state index contributed by atoms with van der Waals surface area (Å²) in [5.74, 6) is -0.998. The zero-order valence-electron chi connectivity index (χ0n) is 8.77. The van der Waals surface area contributed by atoms with Crippen molar-refractivity contribution in [2.45, 2.75) is 6.54 Å². The molecule has 88 valence electrons. The van der Waals surface area contributed by atoms with E-state index in [-0.39, 0.29) is 5.69 Å². The number of H-pyrrole nitrogens is 1. The van der Waals surface area contributed by atoms with Crippen LogP contribution < -0.4 is 5.32 Å². The number of aromatic nitrogens is 2. The van der Waals surface area contributed by atoms with Gasteiger partial charge in [0.15, 0.2) is 0 Å². The van der Waals surface area contributed by atoms with Crippen LogP contribution in [0.4, 0.5) is 5.69 Å². The number of carbonyl (C=O) groups is 1. The maximum Gasteiger partial charge on any atom is 0.354 e. The minimum absolute atomic E-state index is 0.128. The van der Waals surface area contributed by atoms with Crippen LogP contribution in [0.3, 0.4) is 0 Å². The second-order valence-electron chi connectivity index (χ2n) is 3.41. The van der Waals surface area contributed by atoms with Crippen LogP contribution in [0, 0.1) is 3.57 Å². The van der Waals surface area contributed by atoms with E-state index in [1.165, 1.54) is 6.20 Å². The Hall–Kier alpha value is -1.57. The predicted molar refractivity (Wildman–Crippen MR) is 72.0 cm³/mol. The third-order valence-corrected chi connectivity index (χ3v) is 3.22. The highest BCUT2D eigenvalue weighted by Gasteiger charge is 2.11. The molecule has 0 aliphatic rings. The van der Waals surface area contributed by atoms with Crippen molar-refractivity contribution in [3.05, 3.63) is 45.3 Å². The van der Waals surface area contributed by atoms with Gasteiger partial charge in [-0.25, -0.2) is 4.79 Å². The van der Waals surface area contributed by atoms with Crippen molar-refractivity contribution in [3.63, 3.8) is 0 Å². The van der Waals surface area contributed by atoms with Gasteiger partial charge in [0, 0.05) is 21.4 Å². The summed E-state index contributed by atoms with van der Waals surface area (Å²) >= 11 is 2.22. The van der Waals surface area contributed by atoms with Crippen LogP contribution in [0.25, 0.3) is 0 Å². The third kappa shape index (κ3) is 2.76. The molecule has 0 saturated heterocycles. The predicted octanol–water partition coefficient (Wildman–Crippen LogP) is 2.32. The van der Waals surface area contributed by atoms with Crippen molar-refractivity contribution in [2.24, 2.45) is 0 Å². The highest BCUT2D eigenvalue weighted by molar-refractivity contribution is 14.1. The SMILES string of the molecule is O=C(O)c1[nH]ncc1CNc1ccccc1I. The first-order chi connectivity index (χ1) is 8.18. The van der Waals surface area contributed by atoms with E-state index in [2.05, 4.69) is 38.1 Å². The summed E-state index contributed by atoms with van der Waals surface area (Å²) in [6, 6.07) is 7.81. The molecule has 5 nitrogen and oxygen atoms in total. The minimum Gasteiger partial charge on any atom is -0.477 e. The summed E-state index contributed by atoms with van der Waals surface area (Å²) in [5.41, 5.74) is 1.74. The molecule has 3 N–H and O–H groups in total. The average Bonchev–Trinajstić information content (AvgIpc) is 2.76. The first kappa shape index (κ1) is 11.9. The summed E-state index contributed by atoms with van der Waals surface area (Å²) in [6.45, 7) is 0.429. The van der Waals surface area contributed by atoms with Crippen LogP contribution in [0.15, 0.2) is 30.5 Å². The van der Waals surface area contributed by atoms with Crippen molar-refractivity contribution >= 4 is 34.2 Å². The Morgan fingerprint density at radius 3 is 2.94 bits per heavy atom. The smallest absolute Gasteiger partial charge is 0.354 e.